The van der Waals surface area contributed by atoms with Crippen molar-refractivity contribution >= 4 is 31.5 Å². The maximum atomic E-state index is 12.4. The van der Waals surface area contributed by atoms with E-state index >= 15 is 0 Å². The van der Waals surface area contributed by atoms with Crippen LogP contribution in [0.4, 0.5) is 14.5 Å². The van der Waals surface area contributed by atoms with Gasteiger partial charge in [0.2, 0.25) is 9.84 Å². The molecule has 21 heavy (non-hydrogen) atoms. The minimum Gasteiger partial charge on any atom is -0.381 e. The molecule has 4 nitrogen and oxygen atoms in total. The third-order valence-electron chi connectivity index (χ3n) is 2.68. The Morgan fingerprint density at radius 1 is 1.19 bits per heavy atom. The Morgan fingerprint density at radius 2 is 1.86 bits per heavy atom. The Bertz CT molecular complexity index is 721. The van der Waals surface area contributed by atoms with Gasteiger partial charge in [-0.05, 0) is 51.8 Å². The molecule has 0 aliphatic carbocycles. The number of pyridine rings is 1. The van der Waals surface area contributed by atoms with Crippen LogP contribution in [0, 0.1) is 0 Å². The third-order valence-corrected chi connectivity index (χ3v) is 4.51. The van der Waals surface area contributed by atoms with E-state index < -0.39 is 20.5 Å². The highest BCUT2D eigenvalue weighted by molar-refractivity contribution is 9.10. The minimum atomic E-state index is -4.54. The van der Waals surface area contributed by atoms with E-state index in [9.17, 15) is 17.2 Å². The van der Waals surface area contributed by atoms with Crippen molar-refractivity contribution in [2.24, 2.45) is 0 Å². The monoisotopic (exact) mass is 376 g/mol. The van der Waals surface area contributed by atoms with Crippen LogP contribution in [0.3, 0.4) is 0 Å². The van der Waals surface area contributed by atoms with E-state index in [1.165, 1.54) is 12.1 Å². The van der Waals surface area contributed by atoms with Crippen LogP contribution >= 0.6 is 15.9 Å². The molecule has 0 aliphatic rings. The summed E-state index contributed by atoms with van der Waals surface area (Å²) in [5.41, 5.74) is 1.55. The number of anilines is 1. The molecule has 1 aromatic carbocycles. The van der Waals surface area contributed by atoms with E-state index in [0.717, 1.165) is 22.2 Å². The van der Waals surface area contributed by atoms with Gasteiger partial charge < -0.3 is 5.32 Å². The Balaban J connectivity index is 2.07. The summed E-state index contributed by atoms with van der Waals surface area (Å²) in [6, 6.07) is 7.09. The van der Waals surface area contributed by atoms with Crippen LogP contribution in [0.2, 0.25) is 0 Å². The van der Waals surface area contributed by atoms with Crippen molar-refractivity contribution in [3.63, 3.8) is 0 Å². The average Bonchev–Trinajstić information content (AvgIpc) is 2.45. The first kappa shape index (κ1) is 15.8. The van der Waals surface area contributed by atoms with Gasteiger partial charge in [0, 0.05) is 29.1 Å². The van der Waals surface area contributed by atoms with Crippen LogP contribution in [-0.4, -0.2) is 19.2 Å². The smallest absolute Gasteiger partial charge is 0.341 e. The molecule has 0 unspecified atom stereocenters. The highest BCUT2D eigenvalue weighted by Gasteiger charge is 2.26. The Hall–Kier alpha value is -1.54. The predicted octanol–water partition coefficient (Wildman–Crippen LogP) is 3.45. The number of hydrogen-bond acceptors (Lipinski definition) is 4. The van der Waals surface area contributed by atoms with Crippen molar-refractivity contribution in [1.82, 2.24) is 4.98 Å². The number of sulfone groups is 1. The van der Waals surface area contributed by atoms with Crippen LogP contribution in [0.1, 0.15) is 5.56 Å². The van der Waals surface area contributed by atoms with Gasteiger partial charge >= 0.3 is 5.76 Å². The topological polar surface area (TPSA) is 59.1 Å². The number of hydrogen-bond donors (Lipinski definition) is 1. The molecule has 1 N–H and O–H groups in total. The molecular weight excluding hydrogens is 366 g/mol. The summed E-state index contributed by atoms with van der Waals surface area (Å²) in [4.78, 5) is 3.62. The molecule has 0 bridgehead atoms. The van der Waals surface area contributed by atoms with E-state index in [0.29, 0.717) is 12.2 Å². The maximum absolute atomic E-state index is 12.4. The number of rotatable bonds is 5. The van der Waals surface area contributed by atoms with Crippen molar-refractivity contribution in [3.8, 4) is 0 Å². The third kappa shape index (κ3) is 3.98. The number of aromatic nitrogens is 1. The van der Waals surface area contributed by atoms with Crippen LogP contribution in [0.5, 0.6) is 0 Å². The zero-order valence-corrected chi connectivity index (χ0v) is 13.0. The predicted molar refractivity (Wildman–Crippen MR) is 78.9 cm³/mol. The lowest BCUT2D eigenvalue weighted by Crippen LogP contribution is -2.11. The number of halogens is 3. The average molecular weight is 377 g/mol. The van der Waals surface area contributed by atoms with Gasteiger partial charge in [-0.25, -0.2) is 8.42 Å². The lowest BCUT2D eigenvalue weighted by molar-refractivity contribution is 0.234. The summed E-state index contributed by atoms with van der Waals surface area (Å²) in [5, 5.41) is 3.05. The van der Waals surface area contributed by atoms with Crippen LogP contribution in [0.25, 0.3) is 0 Å². The fourth-order valence-corrected chi connectivity index (χ4v) is 2.76. The molecule has 0 aliphatic heterocycles. The van der Waals surface area contributed by atoms with Crippen LogP contribution in [-0.2, 0) is 16.4 Å². The lowest BCUT2D eigenvalue weighted by atomic mass is 10.2. The summed E-state index contributed by atoms with van der Waals surface area (Å²) in [5.74, 6) is -3.41. The second-order valence-corrected chi connectivity index (χ2v) is 7.03. The SMILES string of the molecule is O=S(=O)(c1ccc(NCc2cncc(Br)c2)cc1)C(F)F. The van der Waals surface area contributed by atoms with Gasteiger partial charge in [0.05, 0.1) is 4.90 Å². The molecule has 0 amide bonds. The van der Waals surface area contributed by atoms with Crippen molar-refractivity contribution in [2.45, 2.75) is 17.2 Å². The van der Waals surface area contributed by atoms with Gasteiger partial charge in [0.25, 0.3) is 0 Å². The normalized spacial score (nSPS) is 11.6. The van der Waals surface area contributed by atoms with Crippen molar-refractivity contribution in [1.29, 1.82) is 0 Å². The molecule has 1 aromatic heterocycles. The van der Waals surface area contributed by atoms with Gasteiger partial charge in [0.1, 0.15) is 0 Å². The van der Waals surface area contributed by atoms with Crippen LogP contribution < -0.4 is 5.32 Å². The summed E-state index contributed by atoms with van der Waals surface area (Å²) < 4.78 is 48.2. The largest absolute Gasteiger partial charge is 0.381 e. The highest BCUT2D eigenvalue weighted by Crippen LogP contribution is 2.20. The zero-order valence-electron chi connectivity index (χ0n) is 10.6. The first-order valence-corrected chi connectivity index (χ1v) is 8.19. The molecule has 1 heterocycles. The molecule has 2 rings (SSSR count). The molecule has 0 fully saturated rings. The molecule has 0 saturated heterocycles. The van der Waals surface area contributed by atoms with Gasteiger partial charge in [-0.1, -0.05) is 0 Å². The molecular formula is C13H11BrF2N2O2S. The fraction of sp³-hybridized carbons (Fsp3) is 0.154. The summed E-state index contributed by atoms with van der Waals surface area (Å²) in [6.07, 6.45) is 3.35. The molecule has 0 spiro atoms. The van der Waals surface area contributed by atoms with Crippen molar-refractivity contribution < 1.29 is 17.2 Å². The molecule has 112 valence electrons. The van der Waals surface area contributed by atoms with E-state index in [1.807, 2.05) is 6.07 Å². The molecule has 8 heteroatoms. The Morgan fingerprint density at radius 3 is 2.43 bits per heavy atom. The Kier molecular flexibility index (Phi) is 4.89. The molecule has 0 radical (unpaired) electrons. The number of nitrogens with zero attached hydrogens (tertiary/aromatic N) is 1. The van der Waals surface area contributed by atoms with Crippen LogP contribution in [0.15, 0.2) is 52.1 Å². The fourth-order valence-electron chi connectivity index (χ4n) is 1.62. The Labute approximate surface area is 129 Å². The molecule has 0 saturated carbocycles. The van der Waals surface area contributed by atoms with E-state index in [4.69, 9.17) is 0 Å². The molecule has 0 atom stereocenters. The zero-order chi connectivity index (χ0) is 15.5. The van der Waals surface area contributed by atoms with Crippen molar-refractivity contribution in [2.75, 3.05) is 5.32 Å². The number of alkyl halides is 2. The first-order valence-electron chi connectivity index (χ1n) is 5.85. The van der Waals surface area contributed by atoms with Gasteiger partial charge in [-0.3, -0.25) is 4.98 Å². The van der Waals surface area contributed by atoms with Gasteiger partial charge in [-0.2, -0.15) is 8.78 Å². The summed E-state index contributed by atoms with van der Waals surface area (Å²) >= 11 is 3.31. The number of nitrogens with one attached hydrogen (secondary N) is 1. The van der Waals surface area contributed by atoms with Crippen molar-refractivity contribution in [3.05, 3.63) is 52.8 Å². The number of benzene rings is 1. The first-order chi connectivity index (χ1) is 9.89. The van der Waals surface area contributed by atoms with Gasteiger partial charge in [-0.15, -0.1) is 0 Å². The quantitative estimate of drug-likeness (QED) is 0.867. The van der Waals surface area contributed by atoms with E-state index in [-0.39, 0.29) is 0 Å². The maximum Gasteiger partial charge on any atom is 0.341 e. The summed E-state index contributed by atoms with van der Waals surface area (Å²) in [6.45, 7) is 0.480. The highest BCUT2D eigenvalue weighted by atomic mass is 79.9. The van der Waals surface area contributed by atoms with E-state index in [1.54, 1.807) is 12.4 Å². The van der Waals surface area contributed by atoms with E-state index in [2.05, 4.69) is 26.2 Å². The second kappa shape index (κ2) is 6.48. The lowest BCUT2D eigenvalue weighted by Gasteiger charge is -2.08. The van der Waals surface area contributed by atoms with Gasteiger partial charge in [0.15, 0.2) is 0 Å². The minimum absolute atomic E-state index is 0.396. The summed E-state index contributed by atoms with van der Waals surface area (Å²) in [7, 11) is -4.54. The molecule has 2 aromatic rings. The standard InChI is InChI=1S/C13H11BrF2N2O2S/c14-10-5-9(6-17-8-10)7-18-11-1-3-12(4-2-11)21(19,20)13(15)16/h1-6,8,13,18H,7H2. The second-order valence-electron chi connectivity index (χ2n) is 4.19.